The molecule has 1 amide bonds. The minimum absolute atomic E-state index is 0.169. The number of ketones is 1. The number of nitrogens with zero attached hydrogens (tertiary/aromatic N) is 2. The highest BCUT2D eigenvalue weighted by Crippen LogP contribution is 2.38. The number of hydrogen-bond donors (Lipinski definition) is 1. The summed E-state index contributed by atoms with van der Waals surface area (Å²) in [6, 6.07) is 14.2. The van der Waals surface area contributed by atoms with Crippen molar-refractivity contribution in [3.63, 3.8) is 0 Å². The fourth-order valence-corrected chi connectivity index (χ4v) is 3.61. The molecule has 30 heavy (non-hydrogen) atoms. The molecule has 152 valence electrons. The van der Waals surface area contributed by atoms with Crippen molar-refractivity contribution in [3.05, 3.63) is 76.4 Å². The standard InChI is InChI=1S/C23H20ClN3O3/c1-14-6-9-21(25-13-14)27-10-11-30-22-17(4-3-5-20(22)27)23(29)26-16-7-8-19(24)18(12-16)15(2)28/h3-9,12-13H,10-11H2,1-2H3,(H,26,29). The van der Waals surface area contributed by atoms with Crippen LogP contribution in [-0.2, 0) is 0 Å². The summed E-state index contributed by atoms with van der Waals surface area (Å²) in [4.78, 5) is 31.3. The average Bonchev–Trinajstić information content (AvgIpc) is 2.74. The van der Waals surface area contributed by atoms with Crippen LogP contribution in [-0.4, -0.2) is 29.8 Å². The van der Waals surface area contributed by atoms with Crippen LogP contribution in [0.5, 0.6) is 5.75 Å². The number of Topliss-reactive ketones (excluding diaryl/α,β-unsaturated/α-hetero) is 1. The molecule has 0 atom stereocenters. The molecule has 0 radical (unpaired) electrons. The number of ether oxygens (including phenoxy) is 1. The monoisotopic (exact) mass is 421 g/mol. The van der Waals surface area contributed by atoms with E-state index in [1.165, 1.54) is 6.92 Å². The summed E-state index contributed by atoms with van der Waals surface area (Å²) >= 11 is 6.06. The molecule has 0 unspecified atom stereocenters. The van der Waals surface area contributed by atoms with E-state index in [-0.39, 0.29) is 11.7 Å². The molecule has 0 saturated heterocycles. The van der Waals surface area contributed by atoms with Gasteiger partial charge in [0.2, 0.25) is 0 Å². The van der Waals surface area contributed by atoms with Crippen molar-refractivity contribution in [1.29, 1.82) is 0 Å². The maximum atomic E-state index is 13.0. The van der Waals surface area contributed by atoms with Crippen LogP contribution in [0.15, 0.2) is 54.7 Å². The Morgan fingerprint density at radius 3 is 2.70 bits per heavy atom. The van der Waals surface area contributed by atoms with Gasteiger partial charge in [-0.2, -0.15) is 0 Å². The highest BCUT2D eigenvalue weighted by molar-refractivity contribution is 6.34. The number of anilines is 3. The summed E-state index contributed by atoms with van der Waals surface area (Å²) in [5.74, 6) is 0.802. The van der Waals surface area contributed by atoms with Gasteiger partial charge in [-0.05, 0) is 55.8 Å². The summed E-state index contributed by atoms with van der Waals surface area (Å²) in [7, 11) is 0. The SMILES string of the molecule is CC(=O)c1cc(NC(=O)c2cccc3c2OCCN3c2ccc(C)cn2)ccc1Cl. The van der Waals surface area contributed by atoms with E-state index in [0.717, 1.165) is 17.1 Å². The highest BCUT2D eigenvalue weighted by atomic mass is 35.5. The van der Waals surface area contributed by atoms with E-state index < -0.39 is 0 Å². The molecule has 1 aliphatic rings. The Bertz CT molecular complexity index is 1130. The quantitative estimate of drug-likeness (QED) is 0.598. The first-order chi connectivity index (χ1) is 14.4. The Morgan fingerprint density at radius 1 is 1.13 bits per heavy atom. The molecular weight excluding hydrogens is 402 g/mol. The number of carbonyl (C=O) groups is 2. The summed E-state index contributed by atoms with van der Waals surface area (Å²) < 4.78 is 5.86. The smallest absolute Gasteiger partial charge is 0.259 e. The third-order valence-electron chi connectivity index (χ3n) is 4.87. The third-order valence-corrected chi connectivity index (χ3v) is 5.20. The molecule has 2 aromatic carbocycles. The van der Waals surface area contributed by atoms with Crippen LogP contribution in [0.3, 0.4) is 0 Å². The topological polar surface area (TPSA) is 71.5 Å². The lowest BCUT2D eigenvalue weighted by atomic mass is 10.1. The molecule has 0 aliphatic carbocycles. The van der Waals surface area contributed by atoms with Gasteiger partial charge in [-0.3, -0.25) is 9.59 Å². The molecule has 1 aromatic heterocycles. The van der Waals surface area contributed by atoms with E-state index in [1.54, 1.807) is 24.3 Å². The summed E-state index contributed by atoms with van der Waals surface area (Å²) in [5.41, 5.74) is 3.11. The van der Waals surface area contributed by atoms with E-state index in [9.17, 15) is 9.59 Å². The molecule has 1 N–H and O–H groups in total. The molecule has 0 saturated carbocycles. The van der Waals surface area contributed by atoms with E-state index >= 15 is 0 Å². The number of para-hydroxylation sites is 1. The zero-order valence-electron chi connectivity index (χ0n) is 16.6. The molecule has 3 aromatic rings. The normalized spacial score (nSPS) is 12.7. The van der Waals surface area contributed by atoms with Crippen molar-refractivity contribution in [2.24, 2.45) is 0 Å². The van der Waals surface area contributed by atoms with Gasteiger partial charge < -0.3 is 15.0 Å². The minimum Gasteiger partial charge on any atom is -0.489 e. The number of rotatable bonds is 4. The van der Waals surface area contributed by atoms with E-state index in [4.69, 9.17) is 16.3 Å². The molecule has 1 aliphatic heterocycles. The van der Waals surface area contributed by atoms with Gasteiger partial charge in [-0.1, -0.05) is 23.7 Å². The molecule has 0 spiro atoms. The highest BCUT2D eigenvalue weighted by Gasteiger charge is 2.25. The van der Waals surface area contributed by atoms with Crippen LogP contribution in [0.25, 0.3) is 0 Å². The number of benzene rings is 2. The van der Waals surface area contributed by atoms with Crippen molar-refractivity contribution in [3.8, 4) is 5.75 Å². The van der Waals surface area contributed by atoms with Crippen molar-refractivity contribution < 1.29 is 14.3 Å². The van der Waals surface area contributed by atoms with Gasteiger partial charge in [-0.25, -0.2) is 4.98 Å². The Kier molecular flexibility index (Phi) is 5.42. The Labute approximate surface area is 179 Å². The maximum absolute atomic E-state index is 13.0. The number of fused-ring (bicyclic) bond motifs is 1. The Morgan fingerprint density at radius 2 is 1.97 bits per heavy atom. The number of hydrogen-bond acceptors (Lipinski definition) is 5. The maximum Gasteiger partial charge on any atom is 0.259 e. The zero-order valence-corrected chi connectivity index (χ0v) is 17.4. The van der Waals surface area contributed by atoms with Gasteiger partial charge in [0.05, 0.1) is 22.8 Å². The average molecular weight is 422 g/mol. The fourth-order valence-electron chi connectivity index (χ4n) is 3.36. The number of amides is 1. The van der Waals surface area contributed by atoms with Gasteiger partial charge in [0.1, 0.15) is 12.4 Å². The molecule has 2 heterocycles. The second kappa shape index (κ2) is 8.16. The first-order valence-corrected chi connectivity index (χ1v) is 9.89. The van der Waals surface area contributed by atoms with Gasteiger partial charge in [-0.15, -0.1) is 0 Å². The largest absolute Gasteiger partial charge is 0.489 e. The summed E-state index contributed by atoms with van der Waals surface area (Å²) in [5, 5.41) is 3.18. The molecule has 4 rings (SSSR count). The second-order valence-corrected chi connectivity index (χ2v) is 7.46. The minimum atomic E-state index is -0.331. The van der Waals surface area contributed by atoms with Crippen molar-refractivity contribution in [2.75, 3.05) is 23.4 Å². The lowest BCUT2D eigenvalue weighted by molar-refractivity contribution is 0.100. The number of pyridine rings is 1. The first-order valence-electron chi connectivity index (χ1n) is 9.52. The zero-order chi connectivity index (χ0) is 21.3. The van der Waals surface area contributed by atoms with E-state index in [1.807, 2.05) is 42.3 Å². The number of aromatic nitrogens is 1. The molecule has 7 heteroatoms. The molecule has 0 fully saturated rings. The van der Waals surface area contributed by atoms with Crippen LogP contribution >= 0.6 is 11.6 Å². The third kappa shape index (κ3) is 3.86. The van der Waals surface area contributed by atoms with E-state index in [0.29, 0.717) is 40.7 Å². The number of halogens is 1. The van der Waals surface area contributed by atoms with Crippen molar-refractivity contribution >= 4 is 40.5 Å². The number of nitrogens with one attached hydrogen (secondary N) is 1. The Balaban J connectivity index is 1.65. The van der Waals surface area contributed by atoms with Crippen molar-refractivity contribution in [1.82, 2.24) is 4.98 Å². The van der Waals surface area contributed by atoms with Crippen LogP contribution < -0.4 is 15.0 Å². The Hall–Kier alpha value is -3.38. The summed E-state index contributed by atoms with van der Waals surface area (Å²) in [6.07, 6.45) is 1.81. The van der Waals surface area contributed by atoms with Gasteiger partial charge in [0.15, 0.2) is 11.5 Å². The molecule has 6 nitrogen and oxygen atoms in total. The predicted octanol–water partition coefficient (Wildman–Crippen LogP) is 5.03. The van der Waals surface area contributed by atoms with Crippen LogP contribution in [0.4, 0.5) is 17.2 Å². The molecule has 0 bridgehead atoms. The van der Waals surface area contributed by atoms with Crippen LogP contribution in [0.2, 0.25) is 5.02 Å². The van der Waals surface area contributed by atoms with E-state index in [2.05, 4.69) is 10.3 Å². The van der Waals surface area contributed by atoms with Gasteiger partial charge in [0, 0.05) is 17.4 Å². The molecular formula is C23H20ClN3O3. The lowest BCUT2D eigenvalue weighted by Crippen LogP contribution is -2.30. The van der Waals surface area contributed by atoms with Crippen molar-refractivity contribution in [2.45, 2.75) is 13.8 Å². The second-order valence-electron chi connectivity index (χ2n) is 7.05. The summed E-state index contributed by atoms with van der Waals surface area (Å²) in [6.45, 7) is 4.48. The van der Waals surface area contributed by atoms with Gasteiger partial charge >= 0.3 is 0 Å². The number of aryl methyl sites for hydroxylation is 1. The fraction of sp³-hybridized carbons (Fsp3) is 0.174. The van der Waals surface area contributed by atoms with Gasteiger partial charge in [0.25, 0.3) is 5.91 Å². The van der Waals surface area contributed by atoms with Crippen LogP contribution in [0.1, 0.15) is 33.2 Å². The predicted molar refractivity (Wildman–Crippen MR) is 117 cm³/mol. The first kappa shape index (κ1) is 19.9. The number of carbonyl (C=O) groups excluding carboxylic acids is 2. The van der Waals surface area contributed by atoms with Crippen LogP contribution in [0, 0.1) is 6.92 Å². The lowest BCUT2D eigenvalue weighted by Gasteiger charge is -2.31.